The molecule has 0 bridgehead atoms. The molecule has 2 aromatic rings. The molecule has 2 rings (SSSR count). The van der Waals surface area contributed by atoms with Gasteiger partial charge in [0.05, 0.1) is 18.0 Å². The number of para-hydroxylation sites is 2. The lowest BCUT2D eigenvalue weighted by atomic mass is 10.3. The zero-order chi connectivity index (χ0) is 15.1. The first-order valence-electron chi connectivity index (χ1n) is 6.69. The first-order valence-corrected chi connectivity index (χ1v) is 7.67. The van der Waals surface area contributed by atoms with Crippen molar-refractivity contribution in [1.82, 2.24) is 0 Å². The SMILES string of the molecule is CCOc1ccccc1NC(=O)CSc1cccc(N)c1. The summed E-state index contributed by atoms with van der Waals surface area (Å²) in [6.45, 7) is 2.47. The Morgan fingerprint density at radius 1 is 1.24 bits per heavy atom. The average Bonchev–Trinajstić information content (AvgIpc) is 2.48. The van der Waals surface area contributed by atoms with Crippen LogP contribution in [0.5, 0.6) is 5.75 Å². The number of hydrogen-bond donors (Lipinski definition) is 2. The monoisotopic (exact) mass is 302 g/mol. The van der Waals surface area contributed by atoms with Gasteiger partial charge in [-0.1, -0.05) is 18.2 Å². The minimum atomic E-state index is -0.0745. The Hall–Kier alpha value is -2.14. The Morgan fingerprint density at radius 3 is 2.81 bits per heavy atom. The van der Waals surface area contributed by atoms with Crippen LogP contribution in [0.1, 0.15) is 6.92 Å². The van der Waals surface area contributed by atoms with E-state index in [1.54, 1.807) is 0 Å². The van der Waals surface area contributed by atoms with Crippen molar-refractivity contribution in [3.8, 4) is 5.75 Å². The van der Waals surface area contributed by atoms with Gasteiger partial charge in [-0.3, -0.25) is 4.79 Å². The van der Waals surface area contributed by atoms with Crippen molar-refractivity contribution in [3.63, 3.8) is 0 Å². The third-order valence-electron chi connectivity index (χ3n) is 2.69. The van der Waals surface area contributed by atoms with Crippen LogP contribution in [0.15, 0.2) is 53.4 Å². The first-order chi connectivity index (χ1) is 10.2. The van der Waals surface area contributed by atoms with Gasteiger partial charge in [-0.05, 0) is 37.3 Å². The Morgan fingerprint density at radius 2 is 2.05 bits per heavy atom. The van der Waals surface area contributed by atoms with Crippen LogP contribution < -0.4 is 15.8 Å². The Kier molecular flexibility index (Phi) is 5.51. The number of amides is 1. The molecular weight excluding hydrogens is 284 g/mol. The molecule has 0 radical (unpaired) electrons. The lowest BCUT2D eigenvalue weighted by molar-refractivity contribution is -0.113. The van der Waals surface area contributed by atoms with Crippen LogP contribution in [0, 0.1) is 0 Å². The molecule has 0 aliphatic heterocycles. The first kappa shape index (κ1) is 15.3. The lowest BCUT2D eigenvalue weighted by Gasteiger charge is -2.11. The van der Waals surface area contributed by atoms with E-state index in [1.807, 2.05) is 55.5 Å². The number of anilines is 2. The molecule has 2 aromatic carbocycles. The standard InChI is InChI=1S/C16H18N2O2S/c1-2-20-15-9-4-3-8-14(15)18-16(19)11-21-13-7-5-6-12(17)10-13/h3-10H,2,11,17H2,1H3,(H,18,19). The van der Waals surface area contributed by atoms with Gasteiger partial charge in [0.1, 0.15) is 5.75 Å². The summed E-state index contributed by atoms with van der Waals surface area (Å²) in [4.78, 5) is 13.0. The maximum Gasteiger partial charge on any atom is 0.234 e. The summed E-state index contributed by atoms with van der Waals surface area (Å²) in [6.07, 6.45) is 0. The van der Waals surface area contributed by atoms with E-state index in [0.29, 0.717) is 29.5 Å². The molecule has 110 valence electrons. The number of nitrogens with one attached hydrogen (secondary N) is 1. The second-order valence-electron chi connectivity index (χ2n) is 4.34. The highest BCUT2D eigenvalue weighted by Gasteiger charge is 2.08. The molecule has 0 aliphatic carbocycles. The van der Waals surface area contributed by atoms with Crippen molar-refractivity contribution in [3.05, 3.63) is 48.5 Å². The maximum atomic E-state index is 12.0. The summed E-state index contributed by atoms with van der Waals surface area (Å²) < 4.78 is 5.48. The van der Waals surface area contributed by atoms with E-state index in [9.17, 15) is 4.79 Å². The molecule has 4 nitrogen and oxygen atoms in total. The average molecular weight is 302 g/mol. The van der Waals surface area contributed by atoms with Crippen LogP contribution >= 0.6 is 11.8 Å². The number of ether oxygens (including phenoxy) is 1. The van der Waals surface area contributed by atoms with E-state index < -0.39 is 0 Å². The largest absolute Gasteiger partial charge is 0.492 e. The lowest BCUT2D eigenvalue weighted by Crippen LogP contribution is -2.14. The highest BCUT2D eigenvalue weighted by atomic mass is 32.2. The normalized spacial score (nSPS) is 10.1. The Balaban J connectivity index is 1.93. The molecule has 1 amide bonds. The molecule has 0 heterocycles. The second-order valence-corrected chi connectivity index (χ2v) is 5.39. The number of hydrogen-bond acceptors (Lipinski definition) is 4. The summed E-state index contributed by atoms with van der Waals surface area (Å²) in [7, 11) is 0. The maximum absolute atomic E-state index is 12.0. The fraction of sp³-hybridized carbons (Fsp3) is 0.188. The molecule has 3 N–H and O–H groups in total. The predicted molar refractivity (Wildman–Crippen MR) is 87.8 cm³/mol. The number of rotatable bonds is 6. The second kappa shape index (κ2) is 7.59. The molecule has 0 atom stereocenters. The van der Waals surface area contributed by atoms with E-state index in [2.05, 4.69) is 5.32 Å². The van der Waals surface area contributed by atoms with E-state index >= 15 is 0 Å². The number of carbonyl (C=O) groups excluding carboxylic acids is 1. The van der Waals surface area contributed by atoms with Crippen molar-refractivity contribution in [1.29, 1.82) is 0 Å². The number of carbonyl (C=O) groups is 1. The van der Waals surface area contributed by atoms with Gasteiger partial charge < -0.3 is 15.8 Å². The van der Waals surface area contributed by atoms with Crippen LogP contribution in [0.3, 0.4) is 0 Å². The fourth-order valence-corrected chi connectivity index (χ4v) is 2.55. The topological polar surface area (TPSA) is 64.3 Å². The van der Waals surface area contributed by atoms with Crippen molar-refractivity contribution in [2.24, 2.45) is 0 Å². The van der Waals surface area contributed by atoms with Gasteiger partial charge in [-0.25, -0.2) is 0 Å². The molecule has 0 aliphatic rings. The highest BCUT2D eigenvalue weighted by molar-refractivity contribution is 8.00. The van der Waals surface area contributed by atoms with Gasteiger partial charge in [0.2, 0.25) is 5.91 Å². The van der Waals surface area contributed by atoms with Gasteiger partial charge in [0, 0.05) is 10.6 Å². The van der Waals surface area contributed by atoms with Gasteiger partial charge >= 0.3 is 0 Å². The molecule has 5 heteroatoms. The van der Waals surface area contributed by atoms with E-state index in [-0.39, 0.29) is 5.91 Å². The predicted octanol–water partition coefficient (Wildman–Crippen LogP) is 3.40. The van der Waals surface area contributed by atoms with E-state index in [1.165, 1.54) is 11.8 Å². The van der Waals surface area contributed by atoms with E-state index in [0.717, 1.165) is 4.90 Å². The molecule has 21 heavy (non-hydrogen) atoms. The van der Waals surface area contributed by atoms with E-state index in [4.69, 9.17) is 10.5 Å². The molecule has 0 saturated carbocycles. The quantitative estimate of drug-likeness (QED) is 0.634. The molecular formula is C16H18N2O2S. The van der Waals surface area contributed by atoms with Gasteiger partial charge in [-0.2, -0.15) is 0 Å². The number of nitrogen functional groups attached to an aromatic ring is 1. The van der Waals surface area contributed by atoms with Gasteiger partial charge in [0.15, 0.2) is 0 Å². The Bertz CT molecular complexity index is 617. The van der Waals surface area contributed by atoms with Crippen molar-refractivity contribution in [2.75, 3.05) is 23.4 Å². The highest BCUT2D eigenvalue weighted by Crippen LogP contribution is 2.25. The molecule has 0 fully saturated rings. The summed E-state index contributed by atoms with van der Waals surface area (Å²) in [5.41, 5.74) is 7.10. The Labute approximate surface area is 128 Å². The number of nitrogens with two attached hydrogens (primary N) is 1. The summed E-state index contributed by atoms with van der Waals surface area (Å²) >= 11 is 1.45. The van der Waals surface area contributed by atoms with Crippen molar-refractivity contribution < 1.29 is 9.53 Å². The molecule has 0 saturated heterocycles. The molecule has 0 spiro atoms. The van der Waals surface area contributed by atoms with Gasteiger partial charge in [-0.15, -0.1) is 11.8 Å². The van der Waals surface area contributed by atoms with Gasteiger partial charge in [0.25, 0.3) is 0 Å². The van der Waals surface area contributed by atoms with Crippen LogP contribution in [0.25, 0.3) is 0 Å². The molecule has 0 unspecified atom stereocenters. The zero-order valence-corrected chi connectivity index (χ0v) is 12.7. The fourth-order valence-electron chi connectivity index (χ4n) is 1.79. The summed E-state index contributed by atoms with van der Waals surface area (Å²) in [5, 5.41) is 2.86. The molecule has 0 aromatic heterocycles. The third kappa shape index (κ3) is 4.72. The minimum absolute atomic E-state index is 0.0745. The van der Waals surface area contributed by atoms with Crippen LogP contribution in [0.4, 0.5) is 11.4 Å². The zero-order valence-electron chi connectivity index (χ0n) is 11.8. The van der Waals surface area contributed by atoms with Crippen molar-refractivity contribution in [2.45, 2.75) is 11.8 Å². The van der Waals surface area contributed by atoms with Crippen LogP contribution in [-0.4, -0.2) is 18.3 Å². The summed E-state index contributed by atoms with van der Waals surface area (Å²) in [5.74, 6) is 0.932. The summed E-state index contributed by atoms with van der Waals surface area (Å²) in [6, 6.07) is 14.9. The third-order valence-corrected chi connectivity index (χ3v) is 3.68. The number of thioether (sulfide) groups is 1. The number of benzene rings is 2. The van der Waals surface area contributed by atoms with Crippen LogP contribution in [-0.2, 0) is 4.79 Å². The minimum Gasteiger partial charge on any atom is -0.492 e. The van der Waals surface area contributed by atoms with Crippen LogP contribution in [0.2, 0.25) is 0 Å². The van der Waals surface area contributed by atoms with Crippen molar-refractivity contribution >= 4 is 29.0 Å². The smallest absolute Gasteiger partial charge is 0.234 e.